The van der Waals surface area contributed by atoms with E-state index >= 15 is 0 Å². The van der Waals surface area contributed by atoms with Crippen LogP contribution < -0.4 is 9.47 Å². The molecule has 0 spiro atoms. The summed E-state index contributed by atoms with van der Waals surface area (Å²) in [5, 5.41) is 0. The molecule has 0 saturated heterocycles. The molecule has 0 saturated carbocycles. The molecule has 0 aliphatic heterocycles. The second-order valence-corrected chi connectivity index (χ2v) is 4.64. The van der Waals surface area contributed by atoms with Crippen LogP contribution in [0.2, 0.25) is 0 Å². The number of aldehydes is 1. The average molecular weight is 282 g/mol. The summed E-state index contributed by atoms with van der Waals surface area (Å²) in [4.78, 5) is 11.3. The molecule has 2 aromatic rings. The van der Waals surface area contributed by atoms with Crippen LogP contribution in [0.3, 0.4) is 0 Å². The van der Waals surface area contributed by atoms with Gasteiger partial charge in [0, 0.05) is 17.5 Å². The SMILES string of the molecule is C=C(C=O)[C@H](c1ccccc1)c1ccc(OC)cc1OC. The van der Waals surface area contributed by atoms with Crippen molar-refractivity contribution in [2.45, 2.75) is 5.92 Å². The molecule has 1 atom stereocenters. The van der Waals surface area contributed by atoms with Crippen molar-refractivity contribution in [1.82, 2.24) is 0 Å². The van der Waals surface area contributed by atoms with Gasteiger partial charge in [-0.1, -0.05) is 43.0 Å². The van der Waals surface area contributed by atoms with E-state index in [-0.39, 0.29) is 5.92 Å². The van der Waals surface area contributed by atoms with Crippen LogP contribution in [0.4, 0.5) is 0 Å². The van der Waals surface area contributed by atoms with Gasteiger partial charge >= 0.3 is 0 Å². The average Bonchev–Trinajstić information content (AvgIpc) is 2.56. The topological polar surface area (TPSA) is 35.5 Å². The predicted octanol–water partition coefficient (Wildman–Crippen LogP) is 3.59. The van der Waals surface area contributed by atoms with Crippen molar-refractivity contribution in [3.05, 3.63) is 71.8 Å². The van der Waals surface area contributed by atoms with Crippen LogP contribution in [0.25, 0.3) is 0 Å². The zero-order chi connectivity index (χ0) is 15.2. The Labute approximate surface area is 124 Å². The van der Waals surface area contributed by atoms with Crippen molar-refractivity contribution < 1.29 is 14.3 Å². The first-order chi connectivity index (χ1) is 10.2. The fourth-order valence-electron chi connectivity index (χ4n) is 2.36. The molecular formula is C18H18O3. The molecule has 0 N–H and O–H groups in total. The molecule has 3 heteroatoms. The highest BCUT2D eigenvalue weighted by atomic mass is 16.5. The number of rotatable bonds is 6. The van der Waals surface area contributed by atoms with Crippen molar-refractivity contribution in [3.63, 3.8) is 0 Å². The summed E-state index contributed by atoms with van der Waals surface area (Å²) in [5.74, 6) is 1.15. The van der Waals surface area contributed by atoms with Crippen LogP contribution >= 0.6 is 0 Å². The highest BCUT2D eigenvalue weighted by molar-refractivity contribution is 5.77. The van der Waals surface area contributed by atoms with E-state index in [0.29, 0.717) is 17.1 Å². The van der Waals surface area contributed by atoms with Gasteiger partial charge in [-0.25, -0.2) is 0 Å². The predicted molar refractivity (Wildman–Crippen MR) is 83.0 cm³/mol. The molecule has 0 aliphatic rings. The van der Waals surface area contributed by atoms with Gasteiger partial charge in [0.25, 0.3) is 0 Å². The summed E-state index contributed by atoms with van der Waals surface area (Å²) >= 11 is 0. The number of hydrogen-bond donors (Lipinski definition) is 0. The minimum atomic E-state index is -0.232. The summed E-state index contributed by atoms with van der Waals surface area (Å²) in [7, 11) is 3.21. The molecule has 3 nitrogen and oxygen atoms in total. The van der Waals surface area contributed by atoms with Crippen LogP contribution in [-0.4, -0.2) is 20.5 Å². The Balaban J connectivity index is 2.57. The van der Waals surface area contributed by atoms with Crippen molar-refractivity contribution in [2.24, 2.45) is 0 Å². The Kier molecular flexibility index (Phi) is 4.77. The molecule has 0 aliphatic carbocycles. The highest BCUT2D eigenvalue weighted by Crippen LogP contribution is 2.37. The number of carbonyl (C=O) groups excluding carboxylic acids is 1. The first-order valence-electron chi connectivity index (χ1n) is 6.62. The molecule has 0 radical (unpaired) electrons. The van der Waals surface area contributed by atoms with Crippen molar-refractivity contribution in [3.8, 4) is 11.5 Å². The van der Waals surface area contributed by atoms with Gasteiger partial charge in [-0.2, -0.15) is 0 Å². The number of methoxy groups -OCH3 is 2. The Morgan fingerprint density at radius 1 is 1.10 bits per heavy atom. The van der Waals surface area contributed by atoms with Gasteiger partial charge in [0.2, 0.25) is 0 Å². The van der Waals surface area contributed by atoms with E-state index in [2.05, 4.69) is 6.58 Å². The number of carbonyl (C=O) groups is 1. The molecule has 0 fully saturated rings. The van der Waals surface area contributed by atoms with Gasteiger partial charge < -0.3 is 9.47 Å². The summed E-state index contributed by atoms with van der Waals surface area (Å²) in [5.41, 5.74) is 2.38. The maximum Gasteiger partial charge on any atom is 0.146 e. The smallest absolute Gasteiger partial charge is 0.146 e. The van der Waals surface area contributed by atoms with Gasteiger partial charge in [0.05, 0.1) is 14.2 Å². The number of hydrogen-bond acceptors (Lipinski definition) is 3. The molecule has 0 unspecified atom stereocenters. The molecule has 108 valence electrons. The first-order valence-corrected chi connectivity index (χ1v) is 6.62. The second-order valence-electron chi connectivity index (χ2n) is 4.64. The van der Waals surface area contributed by atoms with Gasteiger partial charge in [-0.05, 0) is 17.2 Å². The fourth-order valence-corrected chi connectivity index (χ4v) is 2.36. The lowest BCUT2D eigenvalue weighted by atomic mass is 9.85. The van der Waals surface area contributed by atoms with Crippen LogP contribution in [0, 0.1) is 0 Å². The Morgan fingerprint density at radius 3 is 2.38 bits per heavy atom. The molecule has 2 rings (SSSR count). The van der Waals surface area contributed by atoms with E-state index in [0.717, 1.165) is 17.4 Å². The Hall–Kier alpha value is -2.55. The van der Waals surface area contributed by atoms with E-state index < -0.39 is 0 Å². The molecule has 0 amide bonds. The molecule has 0 bridgehead atoms. The summed E-state index contributed by atoms with van der Waals surface area (Å²) in [6.45, 7) is 3.89. The number of ether oxygens (including phenoxy) is 2. The minimum Gasteiger partial charge on any atom is -0.497 e. The van der Waals surface area contributed by atoms with Crippen molar-refractivity contribution in [2.75, 3.05) is 14.2 Å². The first kappa shape index (κ1) is 14.9. The third kappa shape index (κ3) is 3.14. The van der Waals surface area contributed by atoms with Gasteiger partial charge in [-0.15, -0.1) is 0 Å². The summed E-state index contributed by atoms with van der Waals surface area (Å²) < 4.78 is 10.7. The van der Waals surface area contributed by atoms with Gasteiger partial charge in [-0.3, -0.25) is 4.79 Å². The third-order valence-corrected chi connectivity index (χ3v) is 3.41. The summed E-state index contributed by atoms with van der Waals surface area (Å²) in [6, 6.07) is 15.3. The molecule has 21 heavy (non-hydrogen) atoms. The van der Waals surface area contributed by atoms with E-state index in [1.165, 1.54) is 0 Å². The fraction of sp³-hybridized carbons (Fsp3) is 0.167. The molecule has 0 heterocycles. The Morgan fingerprint density at radius 2 is 1.81 bits per heavy atom. The van der Waals surface area contributed by atoms with E-state index in [1.807, 2.05) is 48.5 Å². The van der Waals surface area contributed by atoms with E-state index in [1.54, 1.807) is 14.2 Å². The monoisotopic (exact) mass is 282 g/mol. The largest absolute Gasteiger partial charge is 0.497 e. The lowest BCUT2D eigenvalue weighted by Gasteiger charge is -2.20. The van der Waals surface area contributed by atoms with E-state index in [4.69, 9.17) is 9.47 Å². The summed E-state index contributed by atoms with van der Waals surface area (Å²) in [6.07, 6.45) is 0.793. The maximum atomic E-state index is 11.3. The highest BCUT2D eigenvalue weighted by Gasteiger charge is 2.21. The molecule has 0 aromatic heterocycles. The van der Waals surface area contributed by atoms with Crippen LogP contribution in [0.15, 0.2) is 60.7 Å². The van der Waals surface area contributed by atoms with Crippen LogP contribution in [-0.2, 0) is 4.79 Å². The van der Waals surface area contributed by atoms with E-state index in [9.17, 15) is 4.79 Å². The number of allylic oxidation sites excluding steroid dienone is 1. The normalized spacial score (nSPS) is 11.5. The van der Waals surface area contributed by atoms with Gasteiger partial charge in [0.15, 0.2) is 0 Å². The Bertz CT molecular complexity index is 632. The molecule has 2 aromatic carbocycles. The number of benzene rings is 2. The van der Waals surface area contributed by atoms with Crippen molar-refractivity contribution >= 4 is 6.29 Å². The zero-order valence-corrected chi connectivity index (χ0v) is 12.2. The maximum absolute atomic E-state index is 11.3. The third-order valence-electron chi connectivity index (χ3n) is 3.41. The van der Waals surface area contributed by atoms with Crippen LogP contribution in [0.1, 0.15) is 17.0 Å². The quantitative estimate of drug-likeness (QED) is 0.600. The van der Waals surface area contributed by atoms with Crippen molar-refractivity contribution in [1.29, 1.82) is 0 Å². The standard InChI is InChI=1S/C18H18O3/c1-13(12-19)18(14-7-5-4-6-8-14)16-10-9-15(20-2)11-17(16)21-3/h4-12,18H,1H2,2-3H3/t18-/m1/s1. The van der Waals surface area contributed by atoms with Gasteiger partial charge in [0.1, 0.15) is 17.8 Å². The second kappa shape index (κ2) is 6.75. The molecular weight excluding hydrogens is 264 g/mol. The van der Waals surface area contributed by atoms with Crippen LogP contribution in [0.5, 0.6) is 11.5 Å². The lowest BCUT2D eigenvalue weighted by molar-refractivity contribution is -0.105. The minimum absolute atomic E-state index is 0.232. The lowest BCUT2D eigenvalue weighted by Crippen LogP contribution is -2.07. The zero-order valence-electron chi connectivity index (χ0n) is 12.2.